The molecular weight excluding hydrogens is 322 g/mol. The first-order valence-corrected chi connectivity index (χ1v) is 9.07. The number of ether oxygens (including phenoxy) is 1. The highest BCUT2D eigenvalue weighted by Crippen LogP contribution is 2.19. The van der Waals surface area contributed by atoms with E-state index in [2.05, 4.69) is 22.4 Å². The van der Waals surface area contributed by atoms with E-state index in [4.69, 9.17) is 4.74 Å². The van der Waals surface area contributed by atoms with Crippen LogP contribution < -0.4 is 5.32 Å². The van der Waals surface area contributed by atoms with Crippen molar-refractivity contribution in [2.75, 3.05) is 19.7 Å². The molecule has 1 aromatic carbocycles. The number of carbonyl (C=O) groups is 1. The zero-order valence-corrected chi connectivity index (χ0v) is 14.9. The summed E-state index contributed by atoms with van der Waals surface area (Å²) in [6.07, 6.45) is 2.71. The Labute approximate surface area is 146 Å². The van der Waals surface area contributed by atoms with Crippen LogP contribution in [0.4, 0.5) is 4.79 Å². The summed E-state index contributed by atoms with van der Waals surface area (Å²) in [7, 11) is 0. The Balaban J connectivity index is 1.55. The van der Waals surface area contributed by atoms with Gasteiger partial charge in [-0.2, -0.15) is 0 Å². The third-order valence-electron chi connectivity index (χ3n) is 4.08. The molecule has 0 saturated carbocycles. The summed E-state index contributed by atoms with van der Waals surface area (Å²) in [5, 5.41) is 3.98. The van der Waals surface area contributed by atoms with E-state index in [0.717, 1.165) is 16.3 Å². The van der Waals surface area contributed by atoms with Crippen LogP contribution in [-0.4, -0.2) is 41.7 Å². The van der Waals surface area contributed by atoms with Gasteiger partial charge in [-0.1, -0.05) is 30.3 Å². The molecule has 2 heterocycles. The number of thiazole rings is 1. The van der Waals surface area contributed by atoms with E-state index < -0.39 is 0 Å². The van der Waals surface area contributed by atoms with Gasteiger partial charge in [-0.25, -0.2) is 9.78 Å². The second kappa shape index (κ2) is 7.77. The number of morpholine rings is 1. The van der Waals surface area contributed by atoms with Crippen LogP contribution in [0.15, 0.2) is 36.5 Å². The van der Waals surface area contributed by atoms with Gasteiger partial charge in [-0.05, 0) is 19.4 Å². The predicted molar refractivity (Wildman–Crippen MR) is 95.3 cm³/mol. The summed E-state index contributed by atoms with van der Waals surface area (Å²) in [5.74, 6) is 0. The predicted octanol–water partition coefficient (Wildman–Crippen LogP) is 3.17. The van der Waals surface area contributed by atoms with Crippen molar-refractivity contribution in [3.05, 3.63) is 52.0 Å². The first-order chi connectivity index (χ1) is 11.6. The lowest BCUT2D eigenvalue weighted by molar-refractivity contribution is -0.0135. The van der Waals surface area contributed by atoms with Gasteiger partial charge >= 0.3 is 6.03 Å². The maximum Gasteiger partial charge on any atom is 0.318 e. The number of aryl methyl sites for hydroxylation is 1. The number of nitrogens with zero attached hydrogens (tertiary/aromatic N) is 2. The van der Waals surface area contributed by atoms with Gasteiger partial charge in [0, 0.05) is 30.6 Å². The van der Waals surface area contributed by atoms with Crippen molar-refractivity contribution < 1.29 is 9.53 Å². The number of hydrogen-bond donors (Lipinski definition) is 1. The van der Waals surface area contributed by atoms with Gasteiger partial charge in [0.2, 0.25) is 0 Å². The summed E-state index contributed by atoms with van der Waals surface area (Å²) in [5.41, 5.74) is 1.23. The molecule has 1 aliphatic heterocycles. The number of hydrogen-bond acceptors (Lipinski definition) is 4. The summed E-state index contributed by atoms with van der Waals surface area (Å²) in [6, 6.07) is 10.1. The van der Waals surface area contributed by atoms with Crippen LogP contribution >= 0.6 is 11.3 Å². The highest BCUT2D eigenvalue weighted by molar-refractivity contribution is 7.11. The van der Waals surface area contributed by atoms with Gasteiger partial charge in [0.15, 0.2) is 0 Å². The lowest BCUT2D eigenvalue weighted by atomic mass is 10.1. The van der Waals surface area contributed by atoms with Crippen molar-refractivity contribution in [2.24, 2.45) is 0 Å². The molecule has 2 unspecified atom stereocenters. The summed E-state index contributed by atoms with van der Waals surface area (Å²) in [6.45, 7) is 5.81. The van der Waals surface area contributed by atoms with E-state index in [1.165, 1.54) is 5.56 Å². The van der Waals surface area contributed by atoms with Gasteiger partial charge in [-0.15, -0.1) is 11.3 Å². The standard InChI is InChI=1S/C18H23N3O2S/c1-13-11-19-17(24-13)14(2)20-18(22)21-8-9-23-16(12-21)10-15-6-4-3-5-7-15/h3-7,11,14,16H,8-10,12H2,1-2H3,(H,20,22). The van der Waals surface area contributed by atoms with E-state index >= 15 is 0 Å². The Morgan fingerprint density at radius 1 is 1.46 bits per heavy atom. The fourth-order valence-electron chi connectivity index (χ4n) is 2.81. The van der Waals surface area contributed by atoms with Crippen molar-refractivity contribution in [2.45, 2.75) is 32.4 Å². The van der Waals surface area contributed by atoms with E-state index in [0.29, 0.717) is 19.7 Å². The Kier molecular flexibility index (Phi) is 5.48. The fourth-order valence-corrected chi connectivity index (χ4v) is 3.59. The van der Waals surface area contributed by atoms with Crippen LogP contribution in [0.2, 0.25) is 0 Å². The van der Waals surface area contributed by atoms with Crippen molar-refractivity contribution in [3.63, 3.8) is 0 Å². The van der Waals surface area contributed by atoms with Gasteiger partial charge < -0.3 is 15.0 Å². The molecule has 1 aromatic heterocycles. The van der Waals surface area contributed by atoms with E-state index in [1.54, 1.807) is 11.3 Å². The van der Waals surface area contributed by atoms with E-state index in [1.807, 2.05) is 43.1 Å². The Morgan fingerprint density at radius 3 is 2.96 bits per heavy atom. The van der Waals surface area contributed by atoms with Gasteiger partial charge in [-0.3, -0.25) is 0 Å². The largest absolute Gasteiger partial charge is 0.374 e. The maximum absolute atomic E-state index is 12.5. The van der Waals surface area contributed by atoms with Crippen LogP contribution in [0.3, 0.4) is 0 Å². The molecule has 2 amide bonds. The minimum atomic E-state index is -0.0772. The molecule has 2 aromatic rings. The average Bonchev–Trinajstić information content (AvgIpc) is 3.03. The van der Waals surface area contributed by atoms with Gasteiger partial charge in [0.1, 0.15) is 5.01 Å². The van der Waals surface area contributed by atoms with Crippen LogP contribution in [0.5, 0.6) is 0 Å². The summed E-state index contributed by atoms with van der Waals surface area (Å²) < 4.78 is 5.82. The third kappa shape index (κ3) is 4.33. The monoisotopic (exact) mass is 345 g/mol. The number of carbonyl (C=O) groups excluding carboxylic acids is 1. The fraction of sp³-hybridized carbons (Fsp3) is 0.444. The molecule has 1 N–H and O–H groups in total. The smallest absolute Gasteiger partial charge is 0.318 e. The highest BCUT2D eigenvalue weighted by Gasteiger charge is 2.25. The molecule has 24 heavy (non-hydrogen) atoms. The van der Waals surface area contributed by atoms with Crippen LogP contribution in [0, 0.1) is 6.92 Å². The highest BCUT2D eigenvalue weighted by atomic mass is 32.1. The average molecular weight is 345 g/mol. The van der Waals surface area contributed by atoms with Crippen molar-refractivity contribution >= 4 is 17.4 Å². The van der Waals surface area contributed by atoms with Crippen LogP contribution in [0.25, 0.3) is 0 Å². The molecule has 0 radical (unpaired) electrons. The zero-order chi connectivity index (χ0) is 16.9. The Bertz CT molecular complexity index is 674. The molecule has 0 bridgehead atoms. The van der Waals surface area contributed by atoms with Gasteiger partial charge in [0.05, 0.1) is 18.8 Å². The van der Waals surface area contributed by atoms with Crippen molar-refractivity contribution in [1.82, 2.24) is 15.2 Å². The number of urea groups is 1. The molecule has 5 nitrogen and oxygen atoms in total. The molecule has 6 heteroatoms. The third-order valence-corrected chi connectivity index (χ3v) is 5.18. The molecule has 2 atom stereocenters. The molecule has 0 aliphatic carbocycles. The van der Waals surface area contributed by atoms with Crippen molar-refractivity contribution in [1.29, 1.82) is 0 Å². The number of aromatic nitrogens is 1. The molecule has 1 saturated heterocycles. The maximum atomic E-state index is 12.5. The van der Waals surface area contributed by atoms with Gasteiger partial charge in [0.25, 0.3) is 0 Å². The lowest BCUT2D eigenvalue weighted by Gasteiger charge is -2.33. The number of amides is 2. The Hall–Kier alpha value is -1.92. The van der Waals surface area contributed by atoms with E-state index in [9.17, 15) is 4.79 Å². The zero-order valence-electron chi connectivity index (χ0n) is 14.1. The molecule has 128 valence electrons. The quantitative estimate of drug-likeness (QED) is 0.926. The minimum absolute atomic E-state index is 0.0447. The topological polar surface area (TPSA) is 54.5 Å². The Morgan fingerprint density at radius 2 is 2.25 bits per heavy atom. The minimum Gasteiger partial charge on any atom is -0.374 e. The number of nitrogens with one attached hydrogen (secondary N) is 1. The van der Waals surface area contributed by atoms with E-state index in [-0.39, 0.29) is 18.2 Å². The van der Waals surface area contributed by atoms with Crippen molar-refractivity contribution in [3.8, 4) is 0 Å². The molecular formula is C18H23N3O2S. The summed E-state index contributed by atoms with van der Waals surface area (Å²) >= 11 is 1.62. The molecule has 1 aliphatic rings. The lowest BCUT2D eigenvalue weighted by Crippen LogP contribution is -2.50. The molecule has 1 fully saturated rings. The normalized spacial score (nSPS) is 19.1. The number of rotatable bonds is 4. The van der Waals surface area contributed by atoms with Crippen LogP contribution in [0.1, 0.15) is 28.4 Å². The first kappa shape index (κ1) is 16.9. The second-order valence-electron chi connectivity index (χ2n) is 6.11. The first-order valence-electron chi connectivity index (χ1n) is 8.25. The summed E-state index contributed by atoms with van der Waals surface area (Å²) in [4.78, 5) is 19.9. The molecule has 0 spiro atoms. The SMILES string of the molecule is Cc1cnc(C(C)NC(=O)N2CCOC(Cc3ccccc3)C2)s1. The second-order valence-corrected chi connectivity index (χ2v) is 7.38. The number of benzene rings is 1. The molecule has 3 rings (SSSR count). The van der Waals surface area contributed by atoms with Crippen LogP contribution in [-0.2, 0) is 11.2 Å².